The molecule has 1 saturated carbocycles. The number of pyridine rings is 1. The third kappa shape index (κ3) is 2.51. The van der Waals surface area contributed by atoms with Gasteiger partial charge >= 0.3 is 0 Å². The molecule has 2 rings (SSSR count). The molecular formula is C12H17N3O. The second-order valence-corrected chi connectivity index (χ2v) is 4.47. The third-order valence-corrected chi connectivity index (χ3v) is 3.07. The summed E-state index contributed by atoms with van der Waals surface area (Å²) >= 11 is 0. The van der Waals surface area contributed by atoms with Gasteiger partial charge in [-0.05, 0) is 36.8 Å². The van der Waals surface area contributed by atoms with Crippen LogP contribution in [0.15, 0.2) is 18.3 Å². The van der Waals surface area contributed by atoms with Gasteiger partial charge in [-0.2, -0.15) is 0 Å². The molecule has 1 atom stereocenters. The van der Waals surface area contributed by atoms with Crippen LogP contribution >= 0.6 is 0 Å². The van der Waals surface area contributed by atoms with Crippen molar-refractivity contribution in [2.24, 2.45) is 11.8 Å². The van der Waals surface area contributed by atoms with Gasteiger partial charge in [0.15, 0.2) is 5.69 Å². The number of nitrogens with two attached hydrogens (primary N) is 1. The topological polar surface area (TPSA) is 68.0 Å². The van der Waals surface area contributed by atoms with Gasteiger partial charge in [0.1, 0.15) is 0 Å². The lowest BCUT2D eigenvalue weighted by molar-refractivity contribution is 0.0942. The number of nitrogens with zero attached hydrogens (tertiary/aromatic N) is 1. The van der Waals surface area contributed by atoms with Crippen LogP contribution in [0.25, 0.3) is 0 Å². The van der Waals surface area contributed by atoms with Gasteiger partial charge < -0.3 is 11.1 Å². The number of hydrogen-bond acceptors (Lipinski definition) is 3. The van der Waals surface area contributed by atoms with Crippen molar-refractivity contribution in [2.75, 3.05) is 12.3 Å². The van der Waals surface area contributed by atoms with Gasteiger partial charge in [-0.15, -0.1) is 0 Å². The van der Waals surface area contributed by atoms with Crippen molar-refractivity contribution in [3.05, 3.63) is 24.0 Å². The second-order valence-electron chi connectivity index (χ2n) is 4.47. The molecule has 1 aromatic heterocycles. The summed E-state index contributed by atoms with van der Waals surface area (Å²) in [5, 5.41) is 2.88. The van der Waals surface area contributed by atoms with Crippen molar-refractivity contribution in [1.29, 1.82) is 0 Å². The Morgan fingerprint density at radius 1 is 1.69 bits per heavy atom. The summed E-state index contributed by atoms with van der Waals surface area (Å²) in [5.74, 6) is 1.17. The lowest BCUT2D eigenvalue weighted by atomic mass is 10.1. The van der Waals surface area contributed by atoms with Crippen LogP contribution < -0.4 is 11.1 Å². The van der Waals surface area contributed by atoms with Gasteiger partial charge in [0.2, 0.25) is 0 Å². The first kappa shape index (κ1) is 10.9. The van der Waals surface area contributed by atoms with Crippen molar-refractivity contribution in [2.45, 2.75) is 19.8 Å². The van der Waals surface area contributed by atoms with Crippen LogP contribution in [0.2, 0.25) is 0 Å². The Morgan fingerprint density at radius 2 is 2.44 bits per heavy atom. The molecule has 1 heterocycles. The van der Waals surface area contributed by atoms with E-state index in [9.17, 15) is 4.79 Å². The summed E-state index contributed by atoms with van der Waals surface area (Å²) in [5.41, 5.74) is 6.43. The number of amides is 1. The molecular weight excluding hydrogens is 202 g/mol. The Hall–Kier alpha value is -1.58. The number of anilines is 1. The highest BCUT2D eigenvalue weighted by Gasteiger charge is 2.28. The first-order valence-corrected chi connectivity index (χ1v) is 5.67. The lowest BCUT2D eigenvalue weighted by Crippen LogP contribution is -2.30. The molecule has 1 unspecified atom stereocenters. The fraction of sp³-hybridized carbons (Fsp3) is 0.500. The monoisotopic (exact) mass is 219 g/mol. The molecule has 0 bridgehead atoms. The molecule has 0 aromatic carbocycles. The minimum atomic E-state index is -0.175. The zero-order valence-corrected chi connectivity index (χ0v) is 9.44. The quantitative estimate of drug-likeness (QED) is 0.805. The van der Waals surface area contributed by atoms with E-state index in [0.29, 0.717) is 23.8 Å². The van der Waals surface area contributed by atoms with E-state index in [1.807, 2.05) is 0 Å². The smallest absolute Gasteiger partial charge is 0.272 e. The average Bonchev–Trinajstić information content (AvgIpc) is 3.10. The molecule has 1 aliphatic carbocycles. The van der Waals surface area contributed by atoms with E-state index < -0.39 is 0 Å². The lowest BCUT2D eigenvalue weighted by Gasteiger charge is -2.11. The predicted octanol–water partition coefficient (Wildman–Crippen LogP) is 1.44. The van der Waals surface area contributed by atoms with Crippen molar-refractivity contribution < 1.29 is 4.79 Å². The van der Waals surface area contributed by atoms with E-state index in [-0.39, 0.29) is 5.91 Å². The van der Waals surface area contributed by atoms with E-state index in [2.05, 4.69) is 17.2 Å². The van der Waals surface area contributed by atoms with Crippen LogP contribution in [0.4, 0.5) is 5.69 Å². The largest absolute Gasteiger partial charge is 0.397 e. The van der Waals surface area contributed by atoms with E-state index >= 15 is 0 Å². The fourth-order valence-corrected chi connectivity index (χ4v) is 1.78. The maximum Gasteiger partial charge on any atom is 0.272 e. The van der Waals surface area contributed by atoms with Crippen molar-refractivity contribution >= 4 is 11.6 Å². The minimum absolute atomic E-state index is 0.175. The zero-order chi connectivity index (χ0) is 11.5. The van der Waals surface area contributed by atoms with Gasteiger partial charge in [-0.25, -0.2) is 4.98 Å². The molecule has 1 aliphatic rings. The Bertz CT molecular complexity index is 388. The molecule has 1 fully saturated rings. The normalized spacial score (nSPS) is 16.8. The maximum atomic E-state index is 11.8. The molecule has 0 saturated heterocycles. The van der Waals surface area contributed by atoms with Crippen LogP contribution in [-0.2, 0) is 0 Å². The highest BCUT2D eigenvalue weighted by molar-refractivity contribution is 5.96. The number of carbonyl (C=O) groups is 1. The van der Waals surface area contributed by atoms with Crippen molar-refractivity contribution in [3.63, 3.8) is 0 Å². The Labute approximate surface area is 95.3 Å². The standard InChI is InChI=1S/C12H17N3O/c1-8(9-4-5-9)7-15-12(16)11-10(13)3-2-6-14-11/h2-3,6,8-9H,4-5,7,13H2,1H3,(H,15,16). The number of rotatable bonds is 4. The SMILES string of the molecule is CC(CNC(=O)c1ncccc1N)C1CC1. The summed E-state index contributed by atoms with van der Waals surface area (Å²) in [7, 11) is 0. The molecule has 0 aliphatic heterocycles. The molecule has 4 nitrogen and oxygen atoms in total. The van der Waals surface area contributed by atoms with Gasteiger partial charge in [-0.3, -0.25) is 4.79 Å². The van der Waals surface area contributed by atoms with Crippen LogP contribution in [0.5, 0.6) is 0 Å². The number of nitrogens with one attached hydrogen (secondary N) is 1. The van der Waals surface area contributed by atoms with Gasteiger partial charge in [0.05, 0.1) is 5.69 Å². The maximum absolute atomic E-state index is 11.8. The summed E-state index contributed by atoms with van der Waals surface area (Å²) < 4.78 is 0. The predicted molar refractivity (Wildman–Crippen MR) is 62.9 cm³/mol. The Morgan fingerprint density at radius 3 is 3.06 bits per heavy atom. The van der Waals surface area contributed by atoms with Crippen LogP contribution in [0.1, 0.15) is 30.3 Å². The Kier molecular flexibility index (Phi) is 3.08. The van der Waals surface area contributed by atoms with E-state index in [4.69, 9.17) is 5.73 Å². The summed E-state index contributed by atoms with van der Waals surface area (Å²) in [6, 6.07) is 3.41. The van der Waals surface area contributed by atoms with Gasteiger partial charge in [0.25, 0.3) is 5.91 Å². The molecule has 16 heavy (non-hydrogen) atoms. The number of nitrogen functional groups attached to an aromatic ring is 1. The first-order chi connectivity index (χ1) is 7.68. The minimum Gasteiger partial charge on any atom is -0.397 e. The summed E-state index contributed by atoms with van der Waals surface area (Å²) in [4.78, 5) is 15.7. The van der Waals surface area contributed by atoms with Gasteiger partial charge in [-0.1, -0.05) is 6.92 Å². The molecule has 1 amide bonds. The molecule has 0 radical (unpaired) electrons. The highest BCUT2D eigenvalue weighted by Crippen LogP contribution is 2.36. The number of carbonyl (C=O) groups excluding carboxylic acids is 1. The van der Waals surface area contributed by atoms with Gasteiger partial charge in [0, 0.05) is 12.7 Å². The first-order valence-electron chi connectivity index (χ1n) is 5.67. The molecule has 86 valence electrons. The molecule has 0 spiro atoms. The summed E-state index contributed by atoms with van der Waals surface area (Å²) in [6.07, 6.45) is 4.17. The van der Waals surface area contributed by atoms with E-state index in [1.54, 1.807) is 18.3 Å². The summed E-state index contributed by atoms with van der Waals surface area (Å²) in [6.45, 7) is 2.87. The number of aromatic nitrogens is 1. The molecule has 3 N–H and O–H groups in total. The Balaban J connectivity index is 1.90. The van der Waals surface area contributed by atoms with Crippen LogP contribution in [-0.4, -0.2) is 17.4 Å². The highest BCUT2D eigenvalue weighted by atomic mass is 16.1. The van der Waals surface area contributed by atoms with Crippen molar-refractivity contribution in [1.82, 2.24) is 10.3 Å². The zero-order valence-electron chi connectivity index (χ0n) is 9.44. The fourth-order valence-electron chi connectivity index (χ4n) is 1.78. The van der Waals surface area contributed by atoms with Crippen LogP contribution in [0, 0.1) is 11.8 Å². The van der Waals surface area contributed by atoms with Crippen molar-refractivity contribution in [3.8, 4) is 0 Å². The average molecular weight is 219 g/mol. The van der Waals surface area contributed by atoms with E-state index in [0.717, 1.165) is 5.92 Å². The number of hydrogen-bond donors (Lipinski definition) is 2. The van der Waals surface area contributed by atoms with E-state index in [1.165, 1.54) is 12.8 Å². The second kappa shape index (κ2) is 4.51. The van der Waals surface area contributed by atoms with Crippen LogP contribution in [0.3, 0.4) is 0 Å². The third-order valence-electron chi connectivity index (χ3n) is 3.07. The molecule has 1 aromatic rings. The molecule has 4 heteroatoms.